The highest BCUT2D eigenvalue weighted by atomic mass is 16.5. The van der Waals surface area contributed by atoms with Crippen LogP contribution in [0.1, 0.15) is 33.1 Å². The van der Waals surface area contributed by atoms with Crippen LogP contribution in [-0.4, -0.2) is 42.8 Å². The smallest absolute Gasteiger partial charge is 0.137 e. The highest BCUT2D eigenvalue weighted by Gasteiger charge is 2.46. The molecule has 0 aromatic carbocycles. The Morgan fingerprint density at radius 3 is 2.72 bits per heavy atom. The second-order valence-corrected chi connectivity index (χ2v) is 5.88. The summed E-state index contributed by atoms with van der Waals surface area (Å²) < 4.78 is 5.43. The first kappa shape index (κ1) is 13.6. The van der Waals surface area contributed by atoms with Gasteiger partial charge in [0.1, 0.15) is 24.3 Å². The summed E-state index contributed by atoms with van der Waals surface area (Å²) in [6.45, 7) is 12.0. The number of nitrogens with one attached hydrogen (secondary N) is 1. The molecule has 0 aromatic rings. The number of hydrogen-bond donors (Lipinski definition) is 2. The van der Waals surface area contributed by atoms with E-state index in [0.717, 1.165) is 51.3 Å². The minimum Gasteiger partial charge on any atom is -0.411 e. The third-order valence-corrected chi connectivity index (χ3v) is 4.76. The van der Waals surface area contributed by atoms with E-state index in [-0.39, 0.29) is 5.54 Å². The molecule has 2 atom stereocenters. The maximum absolute atomic E-state index is 9.37. The maximum Gasteiger partial charge on any atom is 0.137 e. The molecule has 2 fully saturated rings. The molecule has 0 amide bonds. The van der Waals surface area contributed by atoms with Crippen LogP contribution < -0.4 is 4.90 Å². The summed E-state index contributed by atoms with van der Waals surface area (Å²) in [5.74, 6) is 0.476. The molecule has 0 spiro atoms. The summed E-state index contributed by atoms with van der Waals surface area (Å²) in [6.07, 6.45) is 3.07. The van der Waals surface area contributed by atoms with E-state index in [1.54, 1.807) is 0 Å². The Labute approximate surface area is 109 Å². The molecule has 4 heteroatoms. The van der Waals surface area contributed by atoms with Gasteiger partial charge in [0, 0.05) is 12.8 Å². The lowest BCUT2D eigenvalue weighted by atomic mass is 9.73. The number of nitrogens with zero attached hydrogens (tertiary/aromatic N) is 1. The van der Waals surface area contributed by atoms with Crippen molar-refractivity contribution in [2.24, 2.45) is 11.1 Å². The van der Waals surface area contributed by atoms with E-state index in [1.807, 2.05) is 0 Å². The molecule has 2 rings (SSSR count). The van der Waals surface area contributed by atoms with Crippen LogP contribution in [0.5, 0.6) is 0 Å². The Morgan fingerprint density at radius 2 is 2.17 bits per heavy atom. The van der Waals surface area contributed by atoms with Gasteiger partial charge < -0.3 is 14.8 Å². The second kappa shape index (κ2) is 5.41. The van der Waals surface area contributed by atoms with Crippen LogP contribution in [0.2, 0.25) is 0 Å². The zero-order valence-electron chi connectivity index (χ0n) is 11.5. The summed E-state index contributed by atoms with van der Waals surface area (Å²) in [5.41, 5.74) is 2.12. The van der Waals surface area contributed by atoms with Crippen molar-refractivity contribution in [3.63, 3.8) is 0 Å². The van der Waals surface area contributed by atoms with E-state index in [9.17, 15) is 5.21 Å². The van der Waals surface area contributed by atoms with Crippen LogP contribution in [0.25, 0.3) is 0 Å². The Hall–Kier alpha value is -0.870. The maximum atomic E-state index is 9.37. The van der Waals surface area contributed by atoms with E-state index >= 15 is 0 Å². The van der Waals surface area contributed by atoms with Crippen molar-refractivity contribution in [3.8, 4) is 0 Å². The first-order valence-electron chi connectivity index (χ1n) is 6.87. The van der Waals surface area contributed by atoms with Crippen LogP contribution >= 0.6 is 0 Å². The van der Waals surface area contributed by atoms with Crippen LogP contribution in [0.3, 0.4) is 0 Å². The minimum atomic E-state index is -0.0233. The molecule has 2 N–H and O–H groups in total. The fourth-order valence-electron chi connectivity index (χ4n) is 3.29. The predicted octanol–water partition coefficient (Wildman–Crippen LogP) is 0.867. The number of allylic oxidation sites excluding steroid dienone is 1. The van der Waals surface area contributed by atoms with Gasteiger partial charge in [0.05, 0.1) is 13.2 Å². The number of rotatable bonds is 2. The second-order valence-electron chi connectivity index (χ2n) is 5.88. The van der Waals surface area contributed by atoms with Crippen molar-refractivity contribution in [1.29, 1.82) is 0 Å². The number of quaternary nitrogens is 1. The van der Waals surface area contributed by atoms with Crippen molar-refractivity contribution in [3.05, 3.63) is 12.2 Å². The lowest BCUT2D eigenvalue weighted by Crippen LogP contribution is -3.22. The van der Waals surface area contributed by atoms with Crippen molar-refractivity contribution >= 4 is 5.71 Å². The first-order valence-corrected chi connectivity index (χ1v) is 6.87. The molecule has 1 aliphatic heterocycles. The lowest BCUT2D eigenvalue weighted by Gasteiger charge is -2.44. The molecule has 4 nitrogen and oxygen atoms in total. The Balaban J connectivity index is 2.14. The SMILES string of the molecule is C=C(C)[C@@H]1CC[C@@](C)([NH+]2CCOCC2)/C(=N\O)C1. The summed E-state index contributed by atoms with van der Waals surface area (Å²) in [7, 11) is 0. The van der Waals surface area contributed by atoms with Crippen molar-refractivity contribution < 1.29 is 14.8 Å². The fourth-order valence-corrected chi connectivity index (χ4v) is 3.29. The first-order chi connectivity index (χ1) is 8.58. The minimum absolute atomic E-state index is 0.0233. The van der Waals surface area contributed by atoms with E-state index in [4.69, 9.17) is 4.74 Å². The van der Waals surface area contributed by atoms with Gasteiger partial charge in [0.25, 0.3) is 0 Å². The van der Waals surface area contributed by atoms with Gasteiger partial charge in [-0.15, -0.1) is 0 Å². The monoisotopic (exact) mass is 253 g/mol. The fraction of sp³-hybridized carbons (Fsp3) is 0.786. The van der Waals surface area contributed by atoms with Gasteiger partial charge in [-0.3, -0.25) is 0 Å². The van der Waals surface area contributed by atoms with Crippen LogP contribution in [0.4, 0.5) is 0 Å². The zero-order valence-corrected chi connectivity index (χ0v) is 11.5. The standard InChI is InChI=1S/C14H24N2O2/c1-11(2)12-4-5-14(3,13(10-12)15-17)16-6-8-18-9-7-16/h12,17H,1,4-10H2,2-3H3/p+1/b15-13-/t12-,14-/m1/s1. The molecule has 1 saturated carbocycles. The number of ether oxygens (including phenoxy) is 1. The number of oxime groups is 1. The molecule has 1 heterocycles. The van der Waals surface area contributed by atoms with Gasteiger partial charge in [-0.1, -0.05) is 17.3 Å². The zero-order chi connectivity index (χ0) is 13.2. The molecule has 2 aliphatic rings. The molecule has 1 aliphatic carbocycles. The van der Waals surface area contributed by atoms with E-state index < -0.39 is 0 Å². The molecule has 0 unspecified atom stereocenters. The molecule has 0 bridgehead atoms. The number of morpholine rings is 1. The van der Waals surface area contributed by atoms with Crippen molar-refractivity contribution in [1.82, 2.24) is 0 Å². The van der Waals surface area contributed by atoms with Crippen LogP contribution in [0.15, 0.2) is 17.3 Å². The average Bonchev–Trinajstić information content (AvgIpc) is 2.40. The van der Waals surface area contributed by atoms with Crippen molar-refractivity contribution in [2.75, 3.05) is 26.3 Å². The summed E-state index contributed by atoms with van der Waals surface area (Å²) in [6, 6.07) is 0. The molecular weight excluding hydrogens is 228 g/mol. The number of hydrogen-bond acceptors (Lipinski definition) is 3. The predicted molar refractivity (Wildman–Crippen MR) is 71.3 cm³/mol. The van der Waals surface area contributed by atoms with Gasteiger partial charge in [0.15, 0.2) is 0 Å². The topological polar surface area (TPSA) is 46.3 Å². The summed E-state index contributed by atoms with van der Waals surface area (Å²) in [4.78, 5) is 1.50. The van der Waals surface area contributed by atoms with Crippen LogP contribution in [0, 0.1) is 5.92 Å². The molecule has 18 heavy (non-hydrogen) atoms. The third kappa shape index (κ3) is 2.45. The van der Waals surface area contributed by atoms with Gasteiger partial charge in [-0.05, 0) is 26.2 Å². The van der Waals surface area contributed by atoms with Gasteiger partial charge in [-0.25, -0.2) is 0 Å². The largest absolute Gasteiger partial charge is 0.411 e. The van der Waals surface area contributed by atoms with Gasteiger partial charge >= 0.3 is 0 Å². The molecule has 0 aromatic heterocycles. The molecular formula is C14H25N2O2+. The van der Waals surface area contributed by atoms with Crippen molar-refractivity contribution in [2.45, 2.75) is 38.6 Å². The Bertz CT molecular complexity index is 348. The molecule has 1 saturated heterocycles. The summed E-state index contributed by atoms with van der Waals surface area (Å²) >= 11 is 0. The normalized spacial score (nSPS) is 36.8. The quantitative estimate of drug-likeness (QED) is 0.436. The Kier molecular flexibility index (Phi) is 4.07. The van der Waals surface area contributed by atoms with E-state index in [2.05, 4.69) is 25.6 Å². The van der Waals surface area contributed by atoms with E-state index in [1.165, 1.54) is 10.5 Å². The highest BCUT2D eigenvalue weighted by Crippen LogP contribution is 2.32. The molecule has 0 radical (unpaired) electrons. The highest BCUT2D eigenvalue weighted by molar-refractivity contribution is 5.92. The summed E-state index contributed by atoms with van der Waals surface area (Å²) in [5, 5.41) is 13.0. The van der Waals surface area contributed by atoms with Crippen LogP contribution in [-0.2, 0) is 4.74 Å². The van der Waals surface area contributed by atoms with Gasteiger partial charge in [0.2, 0.25) is 0 Å². The van der Waals surface area contributed by atoms with E-state index in [0.29, 0.717) is 5.92 Å². The molecule has 102 valence electrons. The third-order valence-electron chi connectivity index (χ3n) is 4.76. The van der Waals surface area contributed by atoms with Gasteiger partial charge in [-0.2, -0.15) is 0 Å². The average molecular weight is 253 g/mol. The lowest BCUT2D eigenvalue weighted by molar-refractivity contribution is -0.946. The Morgan fingerprint density at radius 1 is 1.50 bits per heavy atom.